The number of aryl methyl sites for hydroxylation is 1. The summed E-state index contributed by atoms with van der Waals surface area (Å²) in [6.45, 7) is 2.93. The normalized spacial score (nSPS) is 10.8. The molecule has 160 valence electrons. The van der Waals surface area contributed by atoms with E-state index in [9.17, 15) is 0 Å². The number of benzene rings is 2. The topological polar surface area (TPSA) is 70.4 Å². The SMILES string of the molecule is CCc1ccccc1Cn1ccc2cnc(Nc3cc(OC)c(OC)c(OC)c3)nc21. The zero-order valence-electron chi connectivity index (χ0n) is 18.2. The van der Waals surface area contributed by atoms with Crippen LogP contribution in [0.5, 0.6) is 17.2 Å². The molecule has 0 unspecified atom stereocenters. The Kier molecular flexibility index (Phi) is 5.93. The molecule has 0 spiro atoms. The summed E-state index contributed by atoms with van der Waals surface area (Å²) in [7, 11) is 4.75. The van der Waals surface area contributed by atoms with Gasteiger partial charge in [-0.2, -0.15) is 4.98 Å². The van der Waals surface area contributed by atoms with E-state index < -0.39 is 0 Å². The maximum atomic E-state index is 5.43. The van der Waals surface area contributed by atoms with Crippen LogP contribution >= 0.6 is 0 Å². The third kappa shape index (κ3) is 4.12. The van der Waals surface area contributed by atoms with Gasteiger partial charge in [0.25, 0.3) is 0 Å². The molecule has 7 heteroatoms. The molecule has 0 atom stereocenters. The van der Waals surface area contributed by atoms with Crippen LogP contribution in [0.2, 0.25) is 0 Å². The van der Waals surface area contributed by atoms with Crippen LogP contribution in [0.15, 0.2) is 54.9 Å². The van der Waals surface area contributed by atoms with Gasteiger partial charge in [-0.1, -0.05) is 31.2 Å². The average molecular weight is 418 g/mol. The Morgan fingerprint density at radius 2 is 1.65 bits per heavy atom. The van der Waals surface area contributed by atoms with Crippen molar-refractivity contribution in [1.82, 2.24) is 14.5 Å². The number of nitrogens with zero attached hydrogens (tertiary/aromatic N) is 3. The molecule has 0 fully saturated rings. The molecule has 7 nitrogen and oxygen atoms in total. The van der Waals surface area contributed by atoms with Crippen LogP contribution in [0, 0.1) is 0 Å². The summed E-state index contributed by atoms with van der Waals surface area (Å²) < 4.78 is 18.4. The van der Waals surface area contributed by atoms with Crippen molar-refractivity contribution in [2.45, 2.75) is 19.9 Å². The van der Waals surface area contributed by atoms with E-state index in [1.807, 2.05) is 24.4 Å². The van der Waals surface area contributed by atoms with Crippen LogP contribution < -0.4 is 19.5 Å². The van der Waals surface area contributed by atoms with Crippen LogP contribution in [-0.4, -0.2) is 35.9 Å². The Bertz CT molecular complexity index is 1180. The highest BCUT2D eigenvalue weighted by Crippen LogP contribution is 2.40. The van der Waals surface area contributed by atoms with Crippen molar-refractivity contribution in [3.8, 4) is 17.2 Å². The lowest BCUT2D eigenvalue weighted by Crippen LogP contribution is -2.04. The first-order valence-electron chi connectivity index (χ1n) is 10.1. The lowest BCUT2D eigenvalue weighted by atomic mass is 10.1. The first-order chi connectivity index (χ1) is 15.2. The fourth-order valence-electron chi connectivity index (χ4n) is 3.68. The van der Waals surface area contributed by atoms with Gasteiger partial charge in [-0.15, -0.1) is 0 Å². The maximum Gasteiger partial charge on any atom is 0.229 e. The van der Waals surface area contributed by atoms with Gasteiger partial charge in [0.1, 0.15) is 5.65 Å². The molecular formula is C24H26N4O3. The number of nitrogens with one attached hydrogen (secondary N) is 1. The van der Waals surface area contributed by atoms with Crippen LogP contribution in [0.3, 0.4) is 0 Å². The van der Waals surface area contributed by atoms with Gasteiger partial charge in [-0.25, -0.2) is 4.98 Å². The van der Waals surface area contributed by atoms with Crippen LogP contribution in [0.4, 0.5) is 11.6 Å². The van der Waals surface area contributed by atoms with E-state index in [0.29, 0.717) is 23.2 Å². The number of aromatic nitrogens is 3. The van der Waals surface area contributed by atoms with Crippen molar-refractivity contribution >= 4 is 22.7 Å². The number of rotatable bonds is 8. The quantitative estimate of drug-likeness (QED) is 0.443. The molecule has 1 N–H and O–H groups in total. The molecule has 0 radical (unpaired) electrons. The van der Waals surface area contributed by atoms with Crippen LogP contribution in [-0.2, 0) is 13.0 Å². The summed E-state index contributed by atoms with van der Waals surface area (Å²) >= 11 is 0. The van der Waals surface area contributed by atoms with Gasteiger partial charge in [-0.05, 0) is 23.6 Å². The molecular weight excluding hydrogens is 392 g/mol. The Balaban J connectivity index is 1.66. The van der Waals surface area contributed by atoms with E-state index in [4.69, 9.17) is 19.2 Å². The Morgan fingerprint density at radius 3 is 2.29 bits per heavy atom. The van der Waals surface area contributed by atoms with Crippen molar-refractivity contribution in [3.05, 3.63) is 66.0 Å². The molecule has 0 aliphatic carbocycles. The third-order valence-corrected chi connectivity index (χ3v) is 5.26. The Hall–Kier alpha value is -3.74. The minimum atomic E-state index is 0.491. The molecule has 0 saturated carbocycles. The minimum Gasteiger partial charge on any atom is -0.493 e. The number of fused-ring (bicyclic) bond motifs is 1. The lowest BCUT2D eigenvalue weighted by Gasteiger charge is -2.14. The maximum absolute atomic E-state index is 5.43. The van der Waals surface area contributed by atoms with E-state index in [1.54, 1.807) is 21.3 Å². The fraction of sp³-hybridized carbons (Fsp3) is 0.250. The number of anilines is 2. The van der Waals surface area contributed by atoms with Gasteiger partial charge >= 0.3 is 0 Å². The molecule has 2 aromatic carbocycles. The molecule has 4 rings (SSSR count). The van der Waals surface area contributed by atoms with Crippen LogP contribution in [0.1, 0.15) is 18.1 Å². The highest BCUT2D eigenvalue weighted by atomic mass is 16.5. The predicted octanol–water partition coefficient (Wildman–Crippen LogP) is 4.81. The van der Waals surface area contributed by atoms with Gasteiger partial charge in [0, 0.05) is 42.1 Å². The molecule has 0 bridgehead atoms. The van der Waals surface area contributed by atoms with Crippen molar-refractivity contribution in [1.29, 1.82) is 0 Å². The molecule has 31 heavy (non-hydrogen) atoms. The van der Waals surface area contributed by atoms with Gasteiger partial charge < -0.3 is 24.1 Å². The Labute approximate surface area is 181 Å². The predicted molar refractivity (Wildman–Crippen MR) is 122 cm³/mol. The highest BCUT2D eigenvalue weighted by Gasteiger charge is 2.14. The highest BCUT2D eigenvalue weighted by molar-refractivity contribution is 5.77. The molecule has 0 amide bonds. The smallest absolute Gasteiger partial charge is 0.229 e. The molecule has 0 saturated heterocycles. The minimum absolute atomic E-state index is 0.491. The van der Waals surface area contributed by atoms with Crippen molar-refractivity contribution in [3.63, 3.8) is 0 Å². The average Bonchev–Trinajstić information content (AvgIpc) is 3.20. The second-order valence-electron chi connectivity index (χ2n) is 7.08. The standard InChI is InChI=1S/C24H26N4O3/c1-5-16-8-6-7-9-18(16)15-28-11-10-17-14-25-24(27-23(17)28)26-19-12-20(29-2)22(31-4)21(13-19)30-3/h6-14H,5,15H2,1-4H3,(H,25,26,27). The molecule has 2 heterocycles. The van der Waals surface area contributed by atoms with Gasteiger partial charge in [0.2, 0.25) is 11.7 Å². The fourth-order valence-corrected chi connectivity index (χ4v) is 3.68. The zero-order chi connectivity index (χ0) is 21.8. The van der Waals surface area contributed by atoms with Gasteiger partial charge in [0.15, 0.2) is 11.5 Å². The van der Waals surface area contributed by atoms with Crippen molar-refractivity contribution < 1.29 is 14.2 Å². The first kappa shape index (κ1) is 20.5. The zero-order valence-corrected chi connectivity index (χ0v) is 18.2. The second-order valence-corrected chi connectivity index (χ2v) is 7.08. The summed E-state index contributed by atoms with van der Waals surface area (Å²) in [6, 6.07) is 14.2. The summed E-state index contributed by atoms with van der Waals surface area (Å²) in [5, 5.41) is 4.24. The molecule has 2 aromatic heterocycles. The summed E-state index contributed by atoms with van der Waals surface area (Å²) in [6.07, 6.45) is 4.87. The van der Waals surface area contributed by atoms with E-state index >= 15 is 0 Å². The van der Waals surface area contributed by atoms with E-state index in [2.05, 4.69) is 52.3 Å². The van der Waals surface area contributed by atoms with E-state index in [0.717, 1.165) is 29.7 Å². The summed E-state index contributed by atoms with van der Waals surface area (Å²) in [5.74, 6) is 2.15. The largest absolute Gasteiger partial charge is 0.493 e. The number of ether oxygens (including phenoxy) is 3. The number of hydrogen-bond acceptors (Lipinski definition) is 6. The molecule has 0 aliphatic rings. The van der Waals surface area contributed by atoms with Crippen LogP contribution in [0.25, 0.3) is 11.0 Å². The first-order valence-corrected chi connectivity index (χ1v) is 10.1. The van der Waals surface area contributed by atoms with Gasteiger partial charge in [-0.3, -0.25) is 0 Å². The number of methoxy groups -OCH3 is 3. The summed E-state index contributed by atoms with van der Waals surface area (Å²) in [5.41, 5.74) is 4.24. The lowest BCUT2D eigenvalue weighted by molar-refractivity contribution is 0.324. The third-order valence-electron chi connectivity index (χ3n) is 5.26. The van der Waals surface area contributed by atoms with Crippen molar-refractivity contribution in [2.75, 3.05) is 26.6 Å². The Morgan fingerprint density at radius 1 is 0.935 bits per heavy atom. The molecule has 4 aromatic rings. The number of hydrogen-bond donors (Lipinski definition) is 1. The van der Waals surface area contributed by atoms with E-state index in [1.165, 1.54) is 11.1 Å². The van der Waals surface area contributed by atoms with Crippen molar-refractivity contribution in [2.24, 2.45) is 0 Å². The second kappa shape index (κ2) is 8.95. The van der Waals surface area contributed by atoms with Gasteiger partial charge in [0.05, 0.1) is 21.3 Å². The summed E-state index contributed by atoms with van der Waals surface area (Å²) in [4.78, 5) is 9.22. The van der Waals surface area contributed by atoms with E-state index in [-0.39, 0.29) is 0 Å². The molecule has 0 aliphatic heterocycles. The monoisotopic (exact) mass is 418 g/mol.